The van der Waals surface area contributed by atoms with Crippen molar-refractivity contribution in [3.63, 3.8) is 0 Å². The van der Waals surface area contributed by atoms with Gasteiger partial charge in [-0.2, -0.15) is 0 Å². The molecule has 1 aliphatic heterocycles. The number of rotatable bonds is 2. The molecule has 1 atom stereocenters. The van der Waals surface area contributed by atoms with Crippen LogP contribution in [0.25, 0.3) is 0 Å². The summed E-state index contributed by atoms with van der Waals surface area (Å²) in [5.74, 6) is 0. The van der Waals surface area contributed by atoms with Crippen molar-refractivity contribution in [3.05, 3.63) is 29.0 Å². The van der Waals surface area contributed by atoms with E-state index < -0.39 is 0 Å². The lowest BCUT2D eigenvalue weighted by Gasteiger charge is -2.23. The number of piperidine rings is 1. The summed E-state index contributed by atoms with van der Waals surface area (Å²) < 4.78 is 0. The number of nitrogens with zero attached hydrogens (tertiary/aromatic N) is 1. The summed E-state index contributed by atoms with van der Waals surface area (Å²) in [5, 5.41) is 4.29. The summed E-state index contributed by atoms with van der Waals surface area (Å²) in [4.78, 5) is 4.30. The Labute approximate surface area is 89.7 Å². The number of halogens is 1. The topological polar surface area (TPSA) is 24.9 Å². The monoisotopic (exact) mass is 210 g/mol. The normalized spacial score (nSPS) is 22.2. The zero-order valence-corrected chi connectivity index (χ0v) is 8.93. The van der Waals surface area contributed by atoms with Gasteiger partial charge >= 0.3 is 0 Å². The summed E-state index contributed by atoms with van der Waals surface area (Å²) in [6.45, 7) is 1.13. The molecule has 0 bridgehead atoms. The van der Waals surface area contributed by atoms with Crippen LogP contribution in [0.1, 0.15) is 25.0 Å². The molecule has 0 aromatic carbocycles. The molecule has 0 saturated carbocycles. The van der Waals surface area contributed by atoms with Crippen LogP contribution in [0.2, 0.25) is 5.02 Å². The average Bonchev–Trinajstić information content (AvgIpc) is 2.23. The van der Waals surface area contributed by atoms with Crippen molar-refractivity contribution in [1.29, 1.82) is 0 Å². The maximum absolute atomic E-state index is 6.05. The molecule has 1 saturated heterocycles. The van der Waals surface area contributed by atoms with Crippen molar-refractivity contribution < 1.29 is 0 Å². The fraction of sp³-hybridized carbons (Fsp3) is 0.545. The summed E-state index contributed by atoms with van der Waals surface area (Å²) in [6.07, 6.45) is 6.63. The summed E-state index contributed by atoms with van der Waals surface area (Å²) in [7, 11) is 0. The number of aromatic nitrogens is 1. The summed E-state index contributed by atoms with van der Waals surface area (Å²) in [5.41, 5.74) is 1.02. The van der Waals surface area contributed by atoms with Gasteiger partial charge in [-0.1, -0.05) is 18.0 Å². The first kappa shape index (κ1) is 9.94. The third kappa shape index (κ3) is 2.46. The van der Waals surface area contributed by atoms with Gasteiger partial charge in [-0.15, -0.1) is 0 Å². The van der Waals surface area contributed by atoms with Crippen LogP contribution in [0.3, 0.4) is 0 Å². The Morgan fingerprint density at radius 1 is 1.50 bits per heavy atom. The molecule has 0 amide bonds. The van der Waals surface area contributed by atoms with Crippen molar-refractivity contribution in [3.8, 4) is 0 Å². The van der Waals surface area contributed by atoms with Crippen molar-refractivity contribution in [2.75, 3.05) is 6.54 Å². The fourth-order valence-electron chi connectivity index (χ4n) is 1.90. The number of hydrogen-bond acceptors (Lipinski definition) is 2. The second-order valence-corrected chi connectivity index (χ2v) is 4.19. The third-order valence-corrected chi connectivity index (χ3v) is 3.03. The van der Waals surface area contributed by atoms with Crippen molar-refractivity contribution in [2.24, 2.45) is 0 Å². The molecule has 1 fully saturated rings. The van der Waals surface area contributed by atoms with Gasteiger partial charge in [-0.05, 0) is 31.5 Å². The number of pyridine rings is 1. The van der Waals surface area contributed by atoms with E-state index in [1.807, 2.05) is 18.3 Å². The van der Waals surface area contributed by atoms with Crippen LogP contribution in [0.4, 0.5) is 0 Å². The smallest absolute Gasteiger partial charge is 0.0622 e. The molecular weight excluding hydrogens is 196 g/mol. The van der Waals surface area contributed by atoms with Gasteiger partial charge in [-0.3, -0.25) is 4.98 Å². The van der Waals surface area contributed by atoms with Crippen LogP contribution in [-0.2, 0) is 6.42 Å². The highest BCUT2D eigenvalue weighted by molar-refractivity contribution is 6.31. The van der Waals surface area contributed by atoms with Crippen LogP contribution in [0.15, 0.2) is 18.3 Å². The maximum atomic E-state index is 6.05. The van der Waals surface area contributed by atoms with E-state index in [1.54, 1.807) is 0 Å². The molecule has 3 heteroatoms. The standard InChI is InChI=1S/C11H15ClN2/c12-10-5-3-7-14-11(10)8-9-4-1-2-6-13-9/h3,5,7,9,13H,1-2,4,6,8H2. The Hall–Kier alpha value is -0.600. The second kappa shape index (κ2) is 4.76. The molecule has 0 radical (unpaired) electrons. The van der Waals surface area contributed by atoms with Gasteiger partial charge in [0, 0.05) is 18.7 Å². The molecule has 1 unspecified atom stereocenters. The van der Waals surface area contributed by atoms with Crippen LogP contribution in [0.5, 0.6) is 0 Å². The van der Waals surface area contributed by atoms with Gasteiger partial charge in [-0.25, -0.2) is 0 Å². The van der Waals surface area contributed by atoms with Gasteiger partial charge in [0.15, 0.2) is 0 Å². The molecule has 2 nitrogen and oxygen atoms in total. The summed E-state index contributed by atoms with van der Waals surface area (Å²) in [6, 6.07) is 4.35. The van der Waals surface area contributed by atoms with E-state index in [0.29, 0.717) is 6.04 Å². The Morgan fingerprint density at radius 2 is 2.43 bits per heavy atom. The van der Waals surface area contributed by atoms with Crippen LogP contribution < -0.4 is 5.32 Å². The van der Waals surface area contributed by atoms with Gasteiger partial charge in [0.1, 0.15) is 0 Å². The number of hydrogen-bond donors (Lipinski definition) is 1. The minimum absolute atomic E-state index is 0.566. The third-order valence-electron chi connectivity index (χ3n) is 2.69. The Bertz CT molecular complexity index is 295. The first-order valence-electron chi connectivity index (χ1n) is 5.19. The molecule has 2 rings (SSSR count). The molecule has 0 aliphatic carbocycles. The Balaban J connectivity index is 1.99. The lowest BCUT2D eigenvalue weighted by Crippen LogP contribution is -2.35. The van der Waals surface area contributed by atoms with Crippen LogP contribution in [0, 0.1) is 0 Å². The van der Waals surface area contributed by atoms with E-state index in [0.717, 1.165) is 23.7 Å². The molecular formula is C11H15ClN2. The molecule has 76 valence electrons. The molecule has 1 aliphatic rings. The molecule has 1 aromatic heterocycles. The predicted octanol–water partition coefficient (Wildman–Crippen LogP) is 2.42. The van der Waals surface area contributed by atoms with Crippen molar-refractivity contribution in [1.82, 2.24) is 10.3 Å². The summed E-state index contributed by atoms with van der Waals surface area (Å²) >= 11 is 6.05. The van der Waals surface area contributed by atoms with Gasteiger partial charge in [0.05, 0.1) is 10.7 Å². The minimum Gasteiger partial charge on any atom is -0.314 e. The zero-order valence-electron chi connectivity index (χ0n) is 8.17. The maximum Gasteiger partial charge on any atom is 0.0622 e. The zero-order chi connectivity index (χ0) is 9.80. The molecule has 14 heavy (non-hydrogen) atoms. The van der Waals surface area contributed by atoms with Crippen molar-refractivity contribution >= 4 is 11.6 Å². The lowest BCUT2D eigenvalue weighted by atomic mass is 10.0. The van der Waals surface area contributed by atoms with Crippen LogP contribution in [-0.4, -0.2) is 17.6 Å². The predicted molar refractivity (Wildman–Crippen MR) is 58.6 cm³/mol. The minimum atomic E-state index is 0.566. The lowest BCUT2D eigenvalue weighted by molar-refractivity contribution is 0.397. The van der Waals surface area contributed by atoms with Gasteiger partial charge < -0.3 is 5.32 Å². The molecule has 1 aromatic rings. The van der Waals surface area contributed by atoms with Gasteiger partial charge in [0.2, 0.25) is 0 Å². The second-order valence-electron chi connectivity index (χ2n) is 3.78. The highest BCUT2D eigenvalue weighted by Gasteiger charge is 2.14. The van der Waals surface area contributed by atoms with E-state index >= 15 is 0 Å². The first-order valence-corrected chi connectivity index (χ1v) is 5.57. The highest BCUT2D eigenvalue weighted by atomic mass is 35.5. The van der Waals surface area contributed by atoms with Crippen molar-refractivity contribution in [2.45, 2.75) is 31.7 Å². The largest absolute Gasteiger partial charge is 0.314 e. The first-order chi connectivity index (χ1) is 6.86. The van der Waals surface area contributed by atoms with Gasteiger partial charge in [0.25, 0.3) is 0 Å². The Kier molecular flexibility index (Phi) is 3.38. The molecule has 1 N–H and O–H groups in total. The van der Waals surface area contributed by atoms with E-state index in [9.17, 15) is 0 Å². The van der Waals surface area contributed by atoms with E-state index in [-0.39, 0.29) is 0 Å². The Morgan fingerprint density at radius 3 is 3.14 bits per heavy atom. The number of nitrogens with one attached hydrogen (secondary N) is 1. The molecule has 2 heterocycles. The quantitative estimate of drug-likeness (QED) is 0.811. The highest BCUT2D eigenvalue weighted by Crippen LogP contribution is 2.17. The fourth-order valence-corrected chi connectivity index (χ4v) is 2.10. The van der Waals surface area contributed by atoms with Crippen LogP contribution >= 0.6 is 11.6 Å². The molecule has 0 spiro atoms. The SMILES string of the molecule is Clc1cccnc1CC1CCCCN1. The van der Waals surface area contributed by atoms with E-state index in [1.165, 1.54) is 19.3 Å². The average molecular weight is 211 g/mol. The van der Waals surface area contributed by atoms with E-state index in [2.05, 4.69) is 10.3 Å². The van der Waals surface area contributed by atoms with E-state index in [4.69, 9.17) is 11.6 Å².